The SMILES string of the molecule is Cc1ccccc1CNC(=O)CSCC(C)CO. The van der Waals surface area contributed by atoms with Gasteiger partial charge in [-0.15, -0.1) is 0 Å². The van der Waals surface area contributed by atoms with Crippen molar-refractivity contribution in [2.45, 2.75) is 20.4 Å². The van der Waals surface area contributed by atoms with Crippen molar-refractivity contribution in [2.24, 2.45) is 5.92 Å². The van der Waals surface area contributed by atoms with Gasteiger partial charge in [0.05, 0.1) is 5.75 Å². The monoisotopic (exact) mass is 267 g/mol. The van der Waals surface area contributed by atoms with Crippen LogP contribution in [0.2, 0.25) is 0 Å². The third-order valence-corrected chi connectivity index (χ3v) is 3.96. The first kappa shape index (κ1) is 15.1. The van der Waals surface area contributed by atoms with Gasteiger partial charge in [0.15, 0.2) is 0 Å². The second kappa shape index (κ2) is 8.16. The zero-order chi connectivity index (χ0) is 13.4. The van der Waals surface area contributed by atoms with Gasteiger partial charge in [-0.25, -0.2) is 0 Å². The van der Waals surface area contributed by atoms with Crippen molar-refractivity contribution in [3.05, 3.63) is 35.4 Å². The van der Waals surface area contributed by atoms with Gasteiger partial charge >= 0.3 is 0 Å². The molecule has 0 bridgehead atoms. The van der Waals surface area contributed by atoms with Gasteiger partial charge in [0.1, 0.15) is 0 Å². The number of rotatable bonds is 7. The van der Waals surface area contributed by atoms with E-state index >= 15 is 0 Å². The van der Waals surface area contributed by atoms with Gasteiger partial charge in [0.25, 0.3) is 0 Å². The lowest BCUT2D eigenvalue weighted by molar-refractivity contribution is -0.118. The number of benzene rings is 1. The summed E-state index contributed by atoms with van der Waals surface area (Å²) < 4.78 is 0. The average molecular weight is 267 g/mol. The lowest BCUT2D eigenvalue weighted by Crippen LogP contribution is -2.25. The molecule has 1 aromatic carbocycles. The summed E-state index contributed by atoms with van der Waals surface area (Å²) in [7, 11) is 0. The van der Waals surface area contributed by atoms with Gasteiger partial charge in [0.2, 0.25) is 5.91 Å². The highest BCUT2D eigenvalue weighted by molar-refractivity contribution is 7.99. The van der Waals surface area contributed by atoms with Crippen molar-refractivity contribution in [3.8, 4) is 0 Å². The standard InChI is InChI=1S/C14H21NO2S/c1-11(8-16)9-18-10-14(17)15-7-13-6-4-3-5-12(13)2/h3-6,11,16H,7-10H2,1-2H3,(H,15,17). The van der Waals surface area contributed by atoms with Crippen molar-refractivity contribution < 1.29 is 9.90 Å². The molecule has 18 heavy (non-hydrogen) atoms. The van der Waals surface area contributed by atoms with Crippen LogP contribution < -0.4 is 5.32 Å². The smallest absolute Gasteiger partial charge is 0.230 e. The van der Waals surface area contributed by atoms with E-state index in [9.17, 15) is 4.79 Å². The second-order valence-corrected chi connectivity index (χ2v) is 5.54. The first-order valence-electron chi connectivity index (χ1n) is 6.13. The van der Waals surface area contributed by atoms with Crippen LogP contribution in [-0.2, 0) is 11.3 Å². The van der Waals surface area contributed by atoms with E-state index in [0.29, 0.717) is 12.3 Å². The molecule has 0 heterocycles. The highest BCUT2D eigenvalue weighted by Crippen LogP contribution is 2.08. The molecule has 4 heteroatoms. The van der Waals surface area contributed by atoms with E-state index in [1.165, 1.54) is 5.56 Å². The van der Waals surface area contributed by atoms with Gasteiger partial charge in [-0.05, 0) is 29.7 Å². The number of nitrogens with one attached hydrogen (secondary N) is 1. The Labute approximate surface area is 113 Å². The summed E-state index contributed by atoms with van der Waals surface area (Å²) in [6, 6.07) is 8.04. The molecule has 1 rings (SSSR count). The Morgan fingerprint density at radius 1 is 1.44 bits per heavy atom. The number of thioether (sulfide) groups is 1. The van der Waals surface area contributed by atoms with Crippen molar-refractivity contribution in [1.82, 2.24) is 5.32 Å². The van der Waals surface area contributed by atoms with Crippen LogP contribution in [-0.4, -0.2) is 29.1 Å². The topological polar surface area (TPSA) is 49.3 Å². The summed E-state index contributed by atoms with van der Waals surface area (Å²) in [5.74, 6) is 1.57. The summed E-state index contributed by atoms with van der Waals surface area (Å²) >= 11 is 1.56. The molecule has 1 amide bonds. The molecule has 2 N–H and O–H groups in total. The highest BCUT2D eigenvalue weighted by atomic mass is 32.2. The number of amides is 1. The third-order valence-electron chi connectivity index (χ3n) is 2.68. The molecule has 1 aromatic rings. The van der Waals surface area contributed by atoms with Crippen LogP contribution in [0.1, 0.15) is 18.1 Å². The summed E-state index contributed by atoms with van der Waals surface area (Å²) in [6.45, 7) is 4.77. The van der Waals surface area contributed by atoms with Crippen LogP contribution in [0.5, 0.6) is 0 Å². The number of carbonyl (C=O) groups is 1. The maximum atomic E-state index is 11.6. The molecule has 1 atom stereocenters. The first-order valence-corrected chi connectivity index (χ1v) is 7.28. The van der Waals surface area contributed by atoms with Crippen LogP contribution in [0.3, 0.4) is 0 Å². The van der Waals surface area contributed by atoms with Crippen LogP contribution in [0.4, 0.5) is 0 Å². The molecule has 0 aromatic heterocycles. The summed E-state index contributed by atoms with van der Waals surface area (Å²) in [4.78, 5) is 11.6. The molecule has 0 radical (unpaired) electrons. The number of aliphatic hydroxyl groups is 1. The third kappa shape index (κ3) is 5.56. The fraction of sp³-hybridized carbons (Fsp3) is 0.500. The minimum absolute atomic E-state index is 0.0494. The quantitative estimate of drug-likeness (QED) is 0.794. The van der Waals surface area contributed by atoms with Crippen molar-refractivity contribution in [1.29, 1.82) is 0 Å². The van der Waals surface area contributed by atoms with E-state index < -0.39 is 0 Å². The molecule has 0 fully saturated rings. The predicted molar refractivity (Wildman–Crippen MR) is 76.6 cm³/mol. The Bertz CT molecular complexity index is 382. The Hall–Kier alpha value is -1.000. The van der Waals surface area contributed by atoms with E-state index in [2.05, 4.69) is 5.32 Å². The molecule has 1 unspecified atom stereocenters. The minimum atomic E-state index is 0.0494. The van der Waals surface area contributed by atoms with Crippen molar-refractivity contribution in [2.75, 3.05) is 18.1 Å². The molecular formula is C14H21NO2S. The number of aryl methyl sites for hydroxylation is 1. The van der Waals surface area contributed by atoms with Crippen LogP contribution in [0.15, 0.2) is 24.3 Å². The van der Waals surface area contributed by atoms with Gasteiger partial charge < -0.3 is 10.4 Å². The maximum Gasteiger partial charge on any atom is 0.230 e. The van der Waals surface area contributed by atoms with E-state index in [-0.39, 0.29) is 18.4 Å². The van der Waals surface area contributed by atoms with E-state index in [1.807, 2.05) is 38.1 Å². The summed E-state index contributed by atoms with van der Waals surface area (Å²) in [6.07, 6.45) is 0. The highest BCUT2D eigenvalue weighted by Gasteiger charge is 2.05. The molecule has 100 valence electrons. The Balaban J connectivity index is 2.23. The second-order valence-electron chi connectivity index (χ2n) is 4.51. The van der Waals surface area contributed by atoms with E-state index in [4.69, 9.17) is 5.11 Å². The Kier molecular flexibility index (Phi) is 6.83. The van der Waals surface area contributed by atoms with Gasteiger partial charge in [-0.1, -0.05) is 31.2 Å². The van der Waals surface area contributed by atoms with Crippen molar-refractivity contribution >= 4 is 17.7 Å². The molecule has 0 saturated heterocycles. The molecule has 0 spiro atoms. The number of aliphatic hydroxyl groups excluding tert-OH is 1. The number of carbonyl (C=O) groups excluding carboxylic acids is 1. The van der Waals surface area contributed by atoms with Crippen LogP contribution in [0, 0.1) is 12.8 Å². The Morgan fingerprint density at radius 2 is 2.17 bits per heavy atom. The lowest BCUT2D eigenvalue weighted by Gasteiger charge is -2.09. The zero-order valence-corrected chi connectivity index (χ0v) is 11.8. The molecule has 3 nitrogen and oxygen atoms in total. The largest absolute Gasteiger partial charge is 0.396 e. The van der Waals surface area contributed by atoms with Gasteiger partial charge in [-0.3, -0.25) is 4.79 Å². The summed E-state index contributed by atoms with van der Waals surface area (Å²) in [5.41, 5.74) is 2.35. The molecule has 0 aliphatic rings. The minimum Gasteiger partial charge on any atom is -0.396 e. The summed E-state index contributed by atoms with van der Waals surface area (Å²) in [5, 5.41) is 11.8. The van der Waals surface area contributed by atoms with E-state index in [1.54, 1.807) is 11.8 Å². The fourth-order valence-electron chi connectivity index (χ4n) is 1.46. The first-order chi connectivity index (χ1) is 8.63. The maximum absolute atomic E-state index is 11.6. The molecule has 0 aliphatic heterocycles. The van der Waals surface area contributed by atoms with Crippen molar-refractivity contribution in [3.63, 3.8) is 0 Å². The predicted octanol–water partition coefficient (Wildman–Crippen LogP) is 1.97. The van der Waals surface area contributed by atoms with Gasteiger partial charge in [0, 0.05) is 13.2 Å². The Morgan fingerprint density at radius 3 is 2.83 bits per heavy atom. The van der Waals surface area contributed by atoms with Crippen LogP contribution >= 0.6 is 11.8 Å². The van der Waals surface area contributed by atoms with Gasteiger partial charge in [-0.2, -0.15) is 11.8 Å². The molecule has 0 saturated carbocycles. The number of hydrogen-bond donors (Lipinski definition) is 2. The molecular weight excluding hydrogens is 246 g/mol. The lowest BCUT2D eigenvalue weighted by atomic mass is 10.1. The van der Waals surface area contributed by atoms with E-state index in [0.717, 1.165) is 11.3 Å². The number of hydrogen-bond acceptors (Lipinski definition) is 3. The normalized spacial score (nSPS) is 12.2. The van der Waals surface area contributed by atoms with Crippen LogP contribution in [0.25, 0.3) is 0 Å². The fourth-order valence-corrected chi connectivity index (χ4v) is 2.37. The molecule has 0 aliphatic carbocycles. The average Bonchev–Trinajstić information content (AvgIpc) is 2.37. The zero-order valence-electron chi connectivity index (χ0n) is 11.0.